The number of nitrogens with one attached hydrogen (secondary N) is 1. The summed E-state index contributed by atoms with van der Waals surface area (Å²) in [6, 6.07) is 9.16. The van der Waals surface area contributed by atoms with Crippen LogP contribution in [0.2, 0.25) is 0 Å². The second-order valence-electron chi connectivity index (χ2n) is 10.2. The van der Waals surface area contributed by atoms with Gasteiger partial charge in [-0.15, -0.1) is 0 Å². The van der Waals surface area contributed by atoms with Crippen LogP contribution >= 0.6 is 0 Å². The summed E-state index contributed by atoms with van der Waals surface area (Å²) in [6.07, 6.45) is -3.28. The van der Waals surface area contributed by atoms with E-state index in [-0.39, 0.29) is 19.1 Å². The van der Waals surface area contributed by atoms with Crippen molar-refractivity contribution in [3.8, 4) is 0 Å². The van der Waals surface area contributed by atoms with Crippen molar-refractivity contribution in [3.63, 3.8) is 0 Å². The van der Waals surface area contributed by atoms with Gasteiger partial charge in [0.1, 0.15) is 31.9 Å². The summed E-state index contributed by atoms with van der Waals surface area (Å²) < 4.78 is 11.0. The number of aliphatic hydroxyl groups is 2. The Labute approximate surface area is 179 Å². The first-order valence-electron chi connectivity index (χ1n) is 10.4. The van der Waals surface area contributed by atoms with E-state index >= 15 is 0 Å². The fraction of sp³-hybridized carbons (Fsp3) is 0.652. The van der Waals surface area contributed by atoms with Gasteiger partial charge in [-0.1, -0.05) is 30.3 Å². The molecule has 30 heavy (non-hydrogen) atoms. The summed E-state index contributed by atoms with van der Waals surface area (Å²) in [7, 11) is 0. The van der Waals surface area contributed by atoms with Crippen LogP contribution in [-0.2, 0) is 25.6 Å². The zero-order valence-corrected chi connectivity index (χ0v) is 18.8. The number of aliphatic hydroxyl groups excluding tert-OH is 2. The number of ether oxygens (including phenoxy) is 2. The third kappa shape index (κ3) is 6.27. The van der Waals surface area contributed by atoms with E-state index in [9.17, 15) is 19.8 Å². The molecule has 1 saturated heterocycles. The number of carbonyl (C=O) groups is 2. The SMILES string of the molecule is CC(C)(C)C(=O)OC[C@@H]1[C@@H](O)[C@H](OC(=O)C(C)(C)C)[C@H](O)C[NH+]1Cc1ccccc1. The number of carbonyl (C=O) groups excluding carboxylic acids is 2. The molecule has 0 radical (unpaired) electrons. The molecule has 3 N–H and O–H groups in total. The molecule has 5 atom stereocenters. The lowest BCUT2D eigenvalue weighted by Crippen LogP contribution is -3.19. The van der Waals surface area contributed by atoms with Crippen molar-refractivity contribution in [3.05, 3.63) is 35.9 Å². The minimum absolute atomic E-state index is 0.0320. The fourth-order valence-electron chi connectivity index (χ4n) is 3.34. The molecule has 1 heterocycles. The smallest absolute Gasteiger partial charge is 0.311 e. The Morgan fingerprint density at radius 1 is 1.00 bits per heavy atom. The second kappa shape index (κ2) is 9.45. The van der Waals surface area contributed by atoms with E-state index in [1.165, 1.54) is 0 Å². The minimum Gasteiger partial charge on any atom is -0.459 e. The normalized spacial score (nSPS) is 27.4. The predicted octanol–water partition coefficient (Wildman–Crippen LogP) is 0.723. The van der Waals surface area contributed by atoms with Gasteiger partial charge >= 0.3 is 11.9 Å². The molecule has 1 aliphatic heterocycles. The second-order valence-corrected chi connectivity index (χ2v) is 10.2. The lowest BCUT2D eigenvalue weighted by molar-refractivity contribution is -0.952. The molecule has 1 fully saturated rings. The first kappa shape index (κ1) is 24.3. The van der Waals surface area contributed by atoms with Gasteiger partial charge in [0.2, 0.25) is 0 Å². The summed E-state index contributed by atoms with van der Waals surface area (Å²) in [5.41, 5.74) is -0.400. The fourth-order valence-corrected chi connectivity index (χ4v) is 3.34. The first-order chi connectivity index (χ1) is 13.8. The van der Waals surface area contributed by atoms with Gasteiger partial charge in [0, 0.05) is 5.56 Å². The van der Waals surface area contributed by atoms with E-state index in [4.69, 9.17) is 9.47 Å². The Morgan fingerprint density at radius 3 is 2.10 bits per heavy atom. The summed E-state index contributed by atoms with van der Waals surface area (Å²) in [5.74, 6) is -0.870. The van der Waals surface area contributed by atoms with Gasteiger partial charge in [0.25, 0.3) is 0 Å². The van der Waals surface area contributed by atoms with Crippen LogP contribution < -0.4 is 4.90 Å². The molecule has 0 bridgehead atoms. The van der Waals surface area contributed by atoms with Gasteiger partial charge in [0.05, 0.1) is 10.8 Å². The van der Waals surface area contributed by atoms with Crippen LogP contribution in [0.1, 0.15) is 47.1 Å². The largest absolute Gasteiger partial charge is 0.459 e. The highest BCUT2D eigenvalue weighted by atomic mass is 16.6. The number of esters is 2. The highest BCUT2D eigenvalue weighted by molar-refractivity contribution is 5.76. The van der Waals surface area contributed by atoms with Crippen molar-refractivity contribution < 1.29 is 34.2 Å². The molecule has 1 aromatic carbocycles. The highest BCUT2D eigenvalue weighted by Gasteiger charge is 2.49. The zero-order chi connectivity index (χ0) is 22.7. The molecule has 0 saturated carbocycles. The van der Waals surface area contributed by atoms with E-state index in [1.54, 1.807) is 41.5 Å². The average molecular weight is 423 g/mol. The van der Waals surface area contributed by atoms with E-state index in [1.807, 2.05) is 30.3 Å². The van der Waals surface area contributed by atoms with E-state index in [2.05, 4.69) is 0 Å². The van der Waals surface area contributed by atoms with Gasteiger partial charge in [-0.3, -0.25) is 9.59 Å². The van der Waals surface area contributed by atoms with Crippen molar-refractivity contribution in [2.24, 2.45) is 10.8 Å². The number of rotatable bonds is 5. The monoisotopic (exact) mass is 422 g/mol. The number of hydrogen-bond acceptors (Lipinski definition) is 6. The van der Waals surface area contributed by atoms with Crippen molar-refractivity contribution >= 4 is 11.9 Å². The van der Waals surface area contributed by atoms with Crippen LogP contribution in [0, 0.1) is 10.8 Å². The van der Waals surface area contributed by atoms with Crippen LogP contribution in [0.25, 0.3) is 0 Å². The topological polar surface area (TPSA) is 97.5 Å². The minimum atomic E-state index is -1.17. The lowest BCUT2D eigenvalue weighted by atomic mass is 9.92. The van der Waals surface area contributed by atoms with E-state index in [0.717, 1.165) is 10.5 Å². The number of quaternary nitrogens is 1. The Morgan fingerprint density at radius 2 is 1.57 bits per heavy atom. The summed E-state index contributed by atoms with van der Waals surface area (Å²) in [6.45, 7) is 11.2. The molecule has 1 aromatic rings. The molecule has 1 unspecified atom stereocenters. The third-order valence-electron chi connectivity index (χ3n) is 5.26. The number of hydrogen-bond donors (Lipinski definition) is 3. The van der Waals surface area contributed by atoms with Crippen LogP contribution in [0.15, 0.2) is 30.3 Å². The van der Waals surface area contributed by atoms with Gasteiger partial charge in [0.15, 0.2) is 12.1 Å². The summed E-state index contributed by atoms with van der Waals surface area (Å²) in [4.78, 5) is 25.5. The Balaban J connectivity index is 2.22. The number of likely N-dealkylation sites (tertiary alicyclic amines) is 1. The Hall–Kier alpha value is -1.96. The molecule has 7 nitrogen and oxygen atoms in total. The maximum Gasteiger partial charge on any atom is 0.311 e. The maximum absolute atomic E-state index is 12.4. The molecule has 1 aliphatic rings. The molecular weight excluding hydrogens is 386 g/mol. The molecule has 7 heteroatoms. The van der Waals surface area contributed by atoms with Crippen LogP contribution in [0.4, 0.5) is 0 Å². The molecule has 2 rings (SSSR count). The Kier molecular flexibility index (Phi) is 7.66. The van der Waals surface area contributed by atoms with Crippen LogP contribution in [0.3, 0.4) is 0 Å². The van der Waals surface area contributed by atoms with E-state index in [0.29, 0.717) is 6.54 Å². The maximum atomic E-state index is 12.4. The lowest BCUT2D eigenvalue weighted by Gasteiger charge is -2.42. The predicted molar refractivity (Wildman–Crippen MR) is 112 cm³/mol. The van der Waals surface area contributed by atoms with Gasteiger partial charge in [-0.2, -0.15) is 0 Å². The molecule has 168 valence electrons. The quantitative estimate of drug-likeness (QED) is 0.605. The molecule has 0 aliphatic carbocycles. The highest BCUT2D eigenvalue weighted by Crippen LogP contribution is 2.21. The molecular formula is C23H36NO6+. The molecule has 0 spiro atoms. The van der Waals surface area contributed by atoms with Gasteiger partial charge in [-0.05, 0) is 41.5 Å². The summed E-state index contributed by atoms with van der Waals surface area (Å²) in [5, 5.41) is 21.7. The van der Waals surface area contributed by atoms with Gasteiger partial charge in [-0.25, -0.2) is 0 Å². The van der Waals surface area contributed by atoms with Crippen molar-refractivity contribution in [1.82, 2.24) is 0 Å². The van der Waals surface area contributed by atoms with E-state index < -0.39 is 41.2 Å². The van der Waals surface area contributed by atoms with Crippen molar-refractivity contribution in [2.45, 2.75) is 72.4 Å². The number of benzene rings is 1. The summed E-state index contributed by atoms with van der Waals surface area (Å²) >= 11 is 0. The van der Waals surface area contributed by atoms with Crippen LogP contribution in [-0.4, -0.2) is 59.7 Å². The third-order valence-corrected chi connectivity index (χ3v) is 5.26. The van der Waals surface area contributed by atoms with Crippen LogP contribution in [0.5, 0.6) is 0 Å². The first-order valence-corrected chi connectivity index (χ1v) is 10.4. The molecule has 0 aromatic heterocycles. The Bertz CT molecular complexity index is 721. The number of piperidine rings is 1. The van der Waals surface area contributed by atoms with Gasteiger partial charge < -0.3 is 24.6 Å². The average Bonchev–Trinajstić information content (AvgIpc) is 2.63. The zero-order valence-electron chi connectivity index (χ0n) is 18.8. The standard InChI is InChI=1S/C23H35NO6/c1-22(2,3)20(27)29-14-16-18(26)19(30-21(28)23(4,5)6)17(25)13-24(16)12-15-10-8-7-9-11-15/h7-11,16-19,25-26H,12-14H2,1-6H3/p+1/t16-,17-,18-,19-/m1/s1. The van der Waals surface area contributed by atoms with Crippen molar-refractivity contribution in [2.75, 3.05) is 13.2 Å². The molecule has 0 amide bonds. The van der Waals surface area contributed by atoms with Crippen molar-refractivity contribution in [1.29, 1.82) is 0 Å².